The number of aromatic amines is 1. The van der Waals surface area contributed by atoms with Crippen molar-refractivity contribution in [1.82, 2.24) is 9.88 Å². The normalized spacial score (nSPS) is 10.6. The van der Waals surface area contributed by atoms with E-state index in [1.807, 2.05) is 32.0 Å². The summed E-state index contributed by atoms with van der Waals surface area (Å²) >= 11 is 0. The Kier molecular flexibility index (Phi) is 7.55. The van der Waals surface area contributed by atoms with E-state index in [4.69, 9.17) is 4.74 Å². The van der Waals surface area contributed by atoms with Crippen molar-refractivity contribution in [2.24, 2.45) is 0 Å². The number of esters is 1. The van der Waals surface area contributed by atoms with E-state index in [2.05, 4.69) is 4.98 Å². The first-order valence-corrected chi connectivity index (χ1v) is 9.74. The van der Waals surface area contributed by atoms with Crippen LogP contribution in [0, 0.1) is 6.92 Å². The number of ether oxygens (including phenoxy) is 1. The predicted octanol–water partition coefficient (Wildman–Crippen LogP) is 4.00. The van der Waals surface area contributed by atoms with E-state index in [9.17, 15) is 14.4 Å². The molecule has 2 aromatic rings. The lowest BCUT2D eigenvalue weighted by Gasteiger charge is -2.19. The molecule has 0 aliphatic carbocycles. The lowest BCUT2D eigenvalue weighted by atomic mass is 9.98. The highest BCUT2D eigenvalue weighted by Crippen LogP contribution is 2.31. The average molecular weight is 384 g/mol. The zero-order valence-electron chi connectivity index (χ0n) is 17.0. The van der Waals surface area contributed by atoms with Crippen LogP contribution < -0.4 is 0 Å². The molecule has 1 heterocycles. The van der Waals surface area contributed by atoms with Gasteiger partial charge in [0.1, 0.15) is 5.69 Å². The SMILES string of the molecule is CCCCN(CC)C(=O)C(=O)c1[nH]c(C)c(C(=O)OCC)c1-c1ccccc1. The molecule has 2 rings (SSSR count). The maximum Gasteiger partial charge on any atom is 0.340 e. The van der Waals surface area contributed by atoms with E-state index >= 15 is 0 Å². The number of carbonyl (C=O) groups is 3. The second-order valence-electron chi connectivity index (χ2n) is 6.53. The van der Waals surface area contributed by atoms with Crippen molar-refractivity contribution in [2.45, 2.75) is 40.5 Å². The van der Waals surface area contributed by atoms with Gasteiger partial charge in [0.15, 0.2) is 0 Å². The van der Waals surface area contributed by atoms with E-state index in [-0.39, 0.29) is 12.3 Å². The van der Waals surface area contributed by atoms with Gasteiger partial charge in [0.2, 0.25) is 0 Å². The first-order valence-electron chi connectivity index (χ1n) is 9.74. The Morgan fingerprint density at radius 1 is 1.07 bits per heavy atom. The summed E-state index contributed by atoms with van der Waals surface area (Å²) < 4.78 is 5.18. The molecule has 0 spiro atoms. The van der Waals surface area contributed by atoms with Gasteiger partial charge < -0.3 is 14.6 Å². The minimum absolute atomic E-state index is 0.131. The molecule has 1 N–H and O–H groups in total. The molecule has 6 heteroatoms. The van der Waals surface area contributed by atoms with Gasteiger partial charge in [-0.05, 0) is 32.8 Å². The molecular formula is C22H28N2O4. The number of nitrogens with one attached hydrogen (secondary N) is 1. The van der Waals surface area contributed by atoms with E-state index < -0.39 is 17.7 Å². The second-order valence-corrected chi connectivity index (χ2v) is 6.53. The summed E-state index contributed by atoms with van der Waals surface area (Å²) in [4.78, 5) is 43.0. The number of likely N-dealkylation sites (N-methyl/N-ethyl adjacent to an activating group) is 1. The van der Waals surface area contributed by atoms with Crippen LogP contribution in [0.4, 0.5) is 0 Å². The van der Waals surface area contributed by atoms with Gasteiger partial charge >= 0.3 is 5.97 Å². The van der Waals surface area contributed by atoms with Gasteiger partial charge in [-0.2, -0.15) is 0 Å². The van der Waals surface area contributed by atoms with Crippen LogP contribution in [0.5, 0.6) is 0 Å². The molecule has 1 amide bonds. The number of aromatic nitrogens is 1. The van der Waals surface area contributed by atoms with Crippen molar-refractivity contribution >= 4 is 17.7 Å². The topological polar surface area (TPSA) is 79.5 Å². The first kappa shape index (κ1) is 21.4. The number of rotatable bonds is 9. The minimum Gasteiger partial charge on any atom is -0.462 e. The van der Waals surface area contributed by atoms with Crippen LogP contribution in [0.2, 0.25) is 0 Å². The van der Waals surface area contributed by atoms with E-state index in [1.165, 1.54) is 0 Å². The van der Waals surface area contributed by atoms with Crippen LogP contribution in [0.25, 0.3) is 11.1 Å². The number of aryl methyl sites for hydroxylation is 1. The van der Waals surface area contributed by atoms with Gasteiger partial charge in [-0.1, -0.05) is 43.7 Å². The minimum atomic E-state index is -0.643. The number of Topliss-reactive ketones (excluding diaryl/α,β-unsaturated/α-hetero) is 1. The summed E-state index contributed by atoms with van der Waals surface area (Å²) in [6.07, 6.45) is 1.76. The van der Waals surface area contributed by atoms with Crippen molar-refractivity contribution in [3.63, 3.8) is 0 Å². The van der Waals surface area contributed by atoms with Gasteiger partial charge in [0.05, 0.1) is 12.2 Å². The summed E-state index contributed by atoms with van der Waals surface area (Å²) in [5.74, 6) is -1.72. The van der Waals surface area contributed by atoms with Gasteiger partial charge in [0, 0.05) is 24.3 Å². The van der Waals surface area contributed by atoms with Crippen LogP contribution in [0.15, 0.2) is 30.3 Å². The Morgan fingerprint density at radius 2 is 1.75 bits per heavy atom. The van der Waals surface area contributed by atoms with Gasteiger partial charge in [-0.3, -0.25) is 9.59 Å². The number of benzene rings is 1. The molecule has 150 valence electrons. The Bertz CT molecular complexity index is 840. The molecule has 6 nitrogen and oxygen atoms in total. The molecule has 0 saturated carbocycles. The first-order chi connectivity index (χ1) is 13.5. The number of hydrogen-bond acceptors (Lipinski definition) is 4. The highest BCUT2D eigenvalue weighted by molar-refractivity contribution is 6.43. The smallest absolute Gasteiger partial charge is 0.340 e. The van der Waals surface area contributed by atoms with Crippen LogP contribution in [-0.4, -0.2) is 47.2 Å². The van der Waals surface area contributed by atoms with E-state index in [0.29, 0.717) is 35.5 Å². The Hall–Kier alpha value is -2.89. The molecular weight excluding hydrogens is 356 g/mol. The van der Waals surface area contributed by atoms with Crippen molar-refractivity contribution in [3.8, 4) is 11.1 Å². The Morgan fingerprint density at radius 3 is 2.32 bits per heavy atom. The molecule has 0 aliphatic rings. The fraction of sp³-hybridized carbons (Fsp3) is 0.409. The number of H-pyrrole nitrogens is 1. The average Bonchev–Trinajstić information content (AvgIpc) is 3.05. The molecule has 0 atom stereocenters. The lowest BCUT2D eigenvalue weighted by Crippen LogP contribution is -2.37. The van der Waals surface area contributed by atoms with Crippen LogP contribution >= 0.6 is 0 Å². The van der Waals surface area contributed by atoms with Gasteiger partial charge in [0.25, 0.3) is 11.7 Å². The van der Waals surface area contributed by atoms with Crippen LogP contribution in [0.3, 0.4) is 0 Å². The highest BCUT2D eigenvalue weighted by atomic mass is 16.5. The van der Waals surface area contributed by atoms with E-state index in [1.54, 1.807) is 30.9 Å². The van der Waals surface area contributed by atoms with E-state index in [0.717, 1.165) is 12.8 Å². The molecule has 0 unspecified atom stereocenters. The second kappa shape index (κ2) is 9.88. The van der Waals surface area contributed by atoms with Crippen molar-refractivity contribution in [2.75, 3.05) is 19.7 Å². The molecule has 28 heavy (non-hydrogen) atoms. The number of unbranched alkanes of at least 4 members (excludes halogenated alkanes) is 1. The standard InChI is InChI=1S/C22H28N2O4/c1-5-8-14-24(6-2)21(26)20(25)19-18(16-12-10-9-11-13-16)17(15(4)23-19)22(27)28-7-3/h9-13,23H,5-8,14H2,1-4H3. The predicted molar refractivity (Wildman–Crippen MR) is 108 cm³/mol. The third-order valence-electron chi connectivity index (χ3n) is 4.60. The summed E-state index contributed by atoms with van der Waals surface area (Å²) in [5, 5.41) is 0. The summed E-state index contributed by atoms with van der Waals surface area (Å²) in [6.45, 7) is 8.52. The molecule has 0 radical (unpaired) electrons. The van der Waals surface area contributed by atoms with Crippen molar-refractivity contribution < 1.29 is 19.1 Å². The van der Waals surface area contributed by atoms with Crippen LogP contribution in [-0.2, 0) is 9.53 Å². The number of nitrogens with zero attached hydrogens (tertiary/aromatic N) is 1. The molecule has 0 saturated heterocycles. The zero-order valence-corrected chi connectivity index (χ0v) is 17.0. The lowest BCUT2D eigenvalue weighted by molar-refractivity contribution is -0.126. The number of amides is 1. The van der Waals surface area contributed by atoms with Crippen molar-refractivity contribution in [1.29, 1.82) is 0 Å². The number of carbonyl (C=O) groups excluding carboxylic acids is 3. The molecule has 1 aromatic carbocycles. The fourth-order valence-corrected chi connectivity index (χ4v) is 3.15. The largest absolute Gasteiger partial charge is 0.462 e. The quantitative estimate of drug-likeness (QED) is 0.403. The Labute approximate surface area is 165 Å². The summed E-state index contributed by atoms with van der Waals surface area (Å²) in [7, 11) is 0. The maximum atomic E-state index is 13.1. The maximum absolute atomic E-state index is 13.1. The fourth-order valence-electron chi connectivity index (χ4n) is 3.15. The monoisotopic (exact) mass is 384 g/mol. The summed E-state index contributed by atoms with van der Waals surface area (Å²) in [6, 6.07) is 9.11. The third kappa shape index (κ3) is 4.50. The number of hydrogen-bond donors (Lipinski definition) is 1. The molecule has 0 aliphatic heterocycles. The number of ketones is 1. The summed E-state index contributed by atoms with van der Waals surface area (Å²) in [5.41, 5.74) is 2.03. The van der Waals surface area contributed by atoms with Crippen LogP contribution in [0.1, 0.15) is 60.2 Å². The molecule has 0 fully saturated rings. The highest BCUT2D eigenvalue weighted by Gasteiger charge is 2.31. The molecule has 1 aromatic heterocycles. The Balaban J connectivity index is 2.54. The third-order valence-corrected chi connectivity index (χ3v) is 4.60. The molecule has 0 bridgehead atoms. The van der Waals surface area contributed by atoms with Gasteiger partial charge in [-0.25, -0.2) is 4.79 Å². The van der Waals surface area contributed by atoms with Crippen molar-refractivity contribution in [3.05, 3.63) is 47.3 Å². The zero-order chi connectivity index (χ0) is 20.7. The van der Waals surface area contributed by atoms with Gasteiger partial charge in [-0.15, -0.1) is 0 Å².